The molecule has 0 aliphatic heterocycles. The van der Waals surface area contributed by atoms with Gasteiger partial charge in [-0.1, -0.05) is 62.4 Å². The summed E-state index contributed by atoms with van der Waals surface area (Å²) in [7, 11) is 0. The molecule has 0 saturated heterocycles. The number of benzene rings is 2. The lowest BCUT2D eigenvalue weighted by atomic mass is 9.98. The number of amides is 3. The number of hydrogen-bond acceptors (Lipinski definition) is 5. The van der Waals surface area contributed by atoms with E-state index in [1.54, 1.807) is 6.92 Å². The SMILES string of the molecule is CC(C)CC(C=O)NC(=O)CNC(=O)CCC(C)NC(=O)OCC1c2ccccc2-c2ccccc21. The van der Waals surface area contributed by atoms with E-state index in [2.05, 4.69) is 40.2 Å². The van der Waals surface area contributed by atoms with Gasteiger partial charge in [0.2, 0.25) is 11.8 Å². The highest BCUT2D eigenvalue weighted by Crippen LogP contribution is 2.44. The second kappa shape index (κ2) is 12.9. The average Bonchev–Trinajstić information content (AvgIpc) is 3.18. The fraction of sp³-hybridized carbons (Fsp3) is 0.429. The van der Waals surface area contributed by atoms with Crippen molar-refractivity contribution in [1.29, 1.82) is 0 Å². The smallest absolute Gasteiger partial charge is 0.407 e. The van der Waals surface area contributed by atoms with E-state index < -0.39 is 18.0 Å². The quantitative estimate of drug-likeness (QED) is 0.392. The number of carbonyl (C=O) groups is 4. The van der Waals surface area contributed by atoms with Gasteiger partial charge >= 0.3 is 6.09 Å². The molecule has 0 aromatic heterocycles. The molecule has 192 valence electrons. The Labute approximate surface area is 212 Å². The van der Waals surface area contributed by atoms with Crippen LogP contribution in [-0.4, -0.2) is 49.4 Å². The van der Waals surface area contributed by atoms with Gasteiger partial charge in [0.05, 0.1) is 12.6 Å². The first kappa shape index (κ1) is 26.9. The van der Waals surface area contributed by atoms with Gasteiger partial charge in [0.1, 0.15) is 12.9 Å². The van der Waals surface area contributed by atoms with Gasteiger partial charge in [0, 0.05) is 18.4 Å². The molecule has 2 unspecified atom stereocenters. The predicted molar refractivity (Wildman–Crippen MR) is 137 cm³/mol. The minimum Gasteiger partial charge on any atom is -0.449 e. The zero-order chi connectivity index (χ0) is 26.1. The van der Waals surface area contributed by atoms with Gasteiger partial charge in [-0.15, -0.1) is 0 Å². The fourth-order valence-corrected chi connectivity index (χ4v) is 4.44. The van der Waals surface area contributed by atoms with Crippen LogP contribution in [0.15, 0.2) is 48.5 Å². The molecule has 0 radical (unpaired) electrons. The molecule has 3 N–H and O–H groups in total. The lowest BCUT2D eigenvalue weighted by molar-refractivity contribution is -0.127. The molecule has 8 heteroatoms. The Morgan fingerprint density at radius 1 is 0.917 bits per heavy atom. The molecule has 2 aromatic rings. The van der Waals surface area contributed by atoms with E-state index in [0.717, 1.165) is 22.3 Å². The molecule has 0 bridgehead atoms. The minimum absolute atomic E-state index is 0.0188. The van der Waals surface area contributed by atoms with Gasteiger partial charge in [-0.25, -0.2) is 4.79 Å². The van der Waals surface area contributed by atoms with Crippen LogP contribution in [0, 0.1) is 5.92 Å². The Hall–Kier alpha value is -3.68. The molecule has 3 rings (SSSR count). The third-order valence-corrected chi connectivity index (χ3v) is 6.19. The summed E-state index contributed by atoms with van der Waals surface area (Å²) in [6.07, 6.45) is 1.25. The van der Waals surface area contributed by atoms with Crippen molar-refractivity contribution in [2.24, 2.45) is 5.92 Å². The molecule has 1 aliphatic carbocycles. The highest BCUT2D eigenvalue weighted by Gasteiger charge is 2.29. The molecule has 2 atom stereocenters. The van der Waals surface area contributed by atoms with Crippen LogP contribution in [0.1, 0.15) is 57.1 Å². The lowest BCUT2D eigenvalue weighted by Gasteiger charge is -2.17. The number of nitrogens with one attached hydrogen (secondary N) is 3. The maximum absolute atomic E-state index is 12.4. The van der Waals surface area contributed by atoms with Gasteiger partial charge in [-0.3, -0.25) is 9.59 Å². The van der Waals surface area contributed by atoms with Crippen LogP contribution in [0.3, 0.4) is 0 Å². The van der Waals surface area contributed by atoms with Gasteiger partial charge in [-0.05, 0) is 47.9 Å². The van der Waals surface area contributed by atoms with Crippen LogP contribution in [0.5, 0.6) is 0 Å². The van der Waals surface area contributed by atoms with E-state index in [4.69, 9.17) is 4.74 Å². The Kier molecular flexibility index (Phi) is 9.61. The molecule has 0 spiro atoms. The summed E-state index contributed by atoms with van der Waals surface area (Å²) in [5.74, 6) is -0.473. The molecule has 0 fully saturated rings. The van der Waals surface area contributed by atoms with Gasteiger partial charge in [-0.2, -0.15) is 0 Å². The Morgan fingerprint density at radius 2 is 1.53 bits per heavy atom. The summed E-state index contributed by atoms with van der Waals surface area (Å²) < 4.78 is 5.54. The van der Waals surface area contributed by atoms with Crippen LogP contribution in [0.4, 0.5) is 4.79 Å². The molecule has 36 heavy (non-hydrogen) atoms. The highest BCUT2D eigenvalue weighted by molar-refractivity contribution is 5.86. The maximum atomic E-state index is 12.4. The third kappa shape index (κ3) is 7.41. The zero-order valence-corrected chi connectivity index (χ0v) is 21.1. The standard InChI is InChI=1S/C28H35N3O5/c1-18(2)14-20(16-32)31-27(34)15-29-26(33)13-12-19(3)30-28(35)36-17-25-23-10-6-4-8-21(23)22-9-5-7-11-24(22)25/h4-11,16,18-20,25H,12-15,17H2,1-3H3,(H,29,33)(H,30,35)(H,31,34). The van der Waals surface area contributed by atoms with Crippen molar-refractivity contribution in [1.82, 2.24) is 16.0 Å². The first-order valence-electron chi connectivity index (χ1n) is 12.4. The molecular weight excluding hydrogens is 458 g/mol. The number of ether oxygens (including phenoxy) is 1. The Morgan fingerprint density at radius 3 is 2.11 bits per heavy atom. The second-order valence-electron chi connectivity index (χ2n) is 9.63. The number of alkyl carbamates (subject to hydrolysis) is 1. The summed E-state index contributed by atoms with van der Waals surface area (Å²) in [6.45, 7) is 5.74. The van der Waals surface area contributed by atoms with Crippen molar-refractivity contribution >= 4 is 24.2 Å². The molecule has 8 nitrogen and oxygen atoms in total. The largest absolute Gasteiger partial charge is 0.449 e. The van der Waals surface area contributed by atoms with E-state index in [9.17, 15) is 19.2 Å². The van der Waals surface area contributed by atoms with Crippen molar-refractivity contribution in [3.05, 3.63) is 59.7 Å². The molecule has 3 amide bonds. The minimum atomic E-state index is -0.559. The van der Waals surface area contributed by atoms with Crippen molar-refractivity contribution in [3.8, 4) is 11.1 Å². The predicted octanol–water partition coefficient (Wildman–Crippen LogP) is 3.54. The number of aldehydes is 1. The Balaban J connectivity index is 1.38. The number of rotatable bonds is 12. The Bertz CT molecular complexity index is 1040. The monoisotopic (exact) mass is 493 g/mol. The van der Waals surface area contributed by atoms with Crippen LogP contribution in [0.25, 0.3) is 11.1 Å². The third-order valence-electron chi connectivity index (χ3n) is 6.19. The molecular formula is C28H35N3O5. The summed E-state index contributed by atoms with van der Waals surface area (Å²) in [5.41, 5.74) is 4.61. The van der Waals surface area contributed by atoms with E-state index in [1.807, 2.05) is 38.1 Å². The fourth-order valence-electron chi connectivity index (χ4n) is 4.44. The zero-order valence-electron chi connectivity index (χ0n) is 21.1. The number of fused-ring (bicyclic) bond motifs is 3. The topological polar surface area (TPSA) is 114 Å². The molecule has 2 aromatic carbocycles. The first-order valence-corrected chi connectivity index (χ1v) is 12.4. The van der Waals surface area contributed by atoms with Gasteiger partial charge in [0.15, 0.2) is 0 Å². The van der Waals surface area contributed by atoms with Gasteiger partial charge < -0.3 is 25.5 Å². The molecule has 1 aliphatic rings. The van der Waals surface area contributed by atoms with Crippen LogP contribution >= 0.6 is 0 Å². The van der Waals surface area contributed by atoms with Crippen molar-refractivity contribution < 1.29 is 23.9 Å². The maximum Gasteiger partial charge on any atom is 0.407 e. The summed E-state index contributed by atoms with van der Waals surface area (Å²) in [6, 6.07) is 15.4. The first-order chi connectivity index (χ1) is 17.3. The van der Waals surface area contributed by atoms with E-state index >= 15 is 0 Å². The summed E-state index contributed by atoms with van der Waals surface area (Å²) in [5, 5.41) is 7.91. The van der Waals surface area contributed by atoms with E-state index in [-0.39, 0.29) is 43.4 Å². The van der Waals surface area contributed by atoms with Crippen molar-refractivity contribution in [2.45, 2.75) is 58.0 Å². The second-order valence-corrected chi connectivity index (χ2v) is 9.63. The number of carbonyl (C=O) groups excluding carboxylic acids is 4. The van der Waals surface area contributed by atoms with Crippen LogP contribution < -0.4 is 16.0 Å². The number of hydrogen-bond donors (Lipinski definition) is 3. The molecule has 0 saturated carbocycles. The van der Waals surface area contributed by atoms with Crippen molar-refractivity contribution in [3.63, 3.8) is 0 Å². The molecule has 0 heterocycles. The highest BCUT2D eigenvalue weighted by atomic mass is 16.5. The van der Waals surface area contributed by atoms with Crippen molar-refractivity contribution in [2.75, 3.05) is 13.2 Å². The average molecular weight is 494 g/mol. The van der Waals surface area contributed by atoms with E-state index in [1.165, 1.54) is 0 Å². The van der Waals surface area contributed by atoms with Gasteiger partial charge in [0.25, 0.3) is 0 Å². The van der Waals surface area contributed by atoms with Crippen LogP contribution in [-0.2, 0) is 19.1 Å². The summed E-state index contributed by atoms with van der Waals surface area (Å²) in [4.78, 5) is 47.5. The normalized spacial score (nSPS) is 13.8. The van der Waals surface area contributed by atoms with Crippen LogP contribution in [0.2, 0.25) is 0 Å². The summed E-state index contributed by atoms with van der Waals surface area (Å²) >= 11 is 0. The lowest BCUT2D eigenvalue weighted by Crippen LogP contribution is -2.43. The van der Waals surface area contributed by atoms with E-state index in [0.29, 0.717) is 19.1 Å².